The van der Waals surface area contributed by atoms with E-state index in [1.807, 2.05) is 18.2 Å². The van der Waals surface area contributed by atoms with Crippen molar-refractivity contribution in [3.63, 3.8) is 0 Å². The standard InChI is InChI=1S/C14H10BrClO2/c15-10-6-7-12(13(16)8-10)14(17)9-18-11-4-2-1-3-5-11/h1-8H,9H2. The second-order valence-corrected chi connectivity index (χ2v) is 4.97. The lowest BCUT2D eigenvalue weighted by Crippen LogP contribution is -2.12. The van der Waals surface area contributed by atoms with Gasteiger partial charge in [0.25, 0.3) is 0 Å². The molecule has 2 aromatic carbocycles. The van der Waals surface area contributed by atoms with Crippen LogP contribution in [0.1, 0.15) is 10.4 Å². The summed E-state index contributed by atoms with van der Waals surface area (Å²) in [5.74, 6) is 0.524. The first-order valence-corrected chi connectivity index (χ1v) is 6.50. The van der Waals surface area contributed by atoms with Crippen molar-refractivity contribution < 1.29 is 9.53 Å². The zero-order valence-electron chi connectivity index (χ0n) is 9.40. The topological polar surface area (TPSA) is 26.3 Å². The van der Waals surface area contributed by atoms with Crippen molar-refractivity contribution in [1.82, 2.24) is 0 Å². The molecule has 18 heavy (non-hydrogen) atoms. The summed E-state index contributed by atoms with van der Waals surface area (Å²) in [6.07, 6.45) is 0. The summed E-state index contributed by atoms with van der Waals surface area (Å²) in [6, 6.07) is 14.4. The molecule has 0 unspecified atom stereocenters. The molecule has 2 rings (SSSR count). The summed E-state index contributed by atoms with van der Waals surface area (Å²) < 4.78 is 6.23. The monoisotopic (exact) mass is 324 g/mol. The number of benzene rings is 2. The number of halogens is 2. The van der Waals surface area contributed by atoms with Crippen LogP contribution in [0.3, 0.4) is 0 Å². The lowest BCUT2D eigenvalue weighted by atomic mass is 10.1. The molecule has 0 aliphatic rings. The van der Waals surface area contributed by atoms with Crippen LogP contribution in [0.4, 0.5) is 0 Å². The van der Waals surface area contributed by atoms with Gasteiger partial charge in [0.1, 0.15) is 5.75 Å². The van der Waals surface area contributed by atoms with Crippen molar-refractivity contribution >= 4 is 33.3 Å². The number of rotatable bonds is 4. The molecule has 0 bridgehead atoms. The Hall–Kier alpha value is -1.32. The maximum Gasteiger partial charge on any atom is 0.201 e. The summed E-state index contributed by atoms with van der Waals surface area (Å²) in [5.41, 5.74) is 0.468. The second kappa shape index (κ2) is 6.03. The molecule has 0 spiro atoms. The van der Waals surface area contributed by atoms with Crippen LogP contribution in [0.15, 0.2) is 53.0 Å². The average Bonchev–Trinajstić information content (AvgIpc) is 2.37. The molecule has 0 saturated carbocycles. The molecule has 0 aromatic heterocycles. The SMILES string of the molecule is O=C(COc1ccccc1)c1ccc(Br)cc1Cl. The first-order chi connectivity index (χ1) is 8.66. The third kappa shape index (κ3) is 3.34. The Bertz CT molecular complexity index is 555. The molecule has 2 aromatic rings. The highest BCUT2D eigenvalue weighted by Crippen LogP contribution is 2.22. The molecule has 92 valence electrons. The minimum atomic E-state index is -0.142. The maximum absolute atomic E-state index is 11.9. The molecule has 0 saturated heterocycles. The van der Waals surface area contributed by atoms with Crippen molar-refractivity contribution in [2.45, 2.75) is 0 Å². The van der Waals surface area contributed by atoms with Gasteiger partial charge in [-0.05, 0) is 30.3 Å². The molecule has 2 nitrogen and oxygen atoms in total. The summed E-state index contributed by atoms with van der Waals surface area (Å²) in [4.78, 5) is 11.9. The van der Waals surface area contributed by atoms with Crippen LogP contribution >= 0.6 is 27.5 Å². The van der Waals surface area contributed by atoms with Crippen molar-refractivity contribution in [3.05, 3.63) is 63.6 Å². The maximum atomic E-state index is 11.9. The molecule has 0 fully saturated rings. The molecule has 4 heteroatoms. The van der Waals surface area contributed by atoms with Gasteiger partial charge in [-0.2, -0.15) is 0 Å². The van der Waals surface area contributed by atoms with Crippen molar-refractivity contribution in [2.75, 3.05) is 6.61 Å². The van der Waals surface area contributed by atoms with Gasteiger partial charge in [-0.3, -0.25) is 4.79 Å². The zero-order valence-corrected chi connectivity index (χ0v) is 11.7. The van der Waals surface area contributed by atoms with Gasteiger partial charge in [-0.1, -0.05) is 45.7 Å². The minimum Gasteiger partial charge on any atom is -0.485 e. The second-order valence-electron chi connectivity index (χ2n) is 3.65. The van der Waals surface area contributed by atoms with Gasteiger partial charge in [0.2, 0.25) is 5.78 Å². The molecule has 0 aliphatic carbocycles. The van der Waals surface area contributed by atoms with E-state index in [0.29, 0.717) is 16.3 Å². The van der Waals surface area contributed by atoms with Gasteiger partial charge in [0.05, 0.1) is 5.02 Å². The quantitative estimate of drug-likeness (QED) is 0.781. The van der Waals surface area contributed by atoms with E-state index in [0.717, 1.165) is 4.47 Å². The number of hydrogen-bond acceptors (Lipinski definition) is 2. The number of ether oxygens (including phenoxy) is 1. The Morgan fingerprint density at radius 2 is 1.89 bits per heavy atom. The predicted molar refractivity (Wildman–Crippen MR) is 75.4 cm³/mol. The highest BCUT2D eigenvalue weighted by atomic mass is 79.9. The van der Waals surface area contributed by atoms with Crippen LogP contribution in [-0.4, -0.2) is 12.4 Å². The van der Waals surface area contributed by atoms with E-state index in [9.17, 15) is 4.79 Å². The summed E-state index contributed by atoms with van der Waals surface area (Å²) in [5, 5.41) is 0.422. The number of ketones is 1. The molecular weight excluding hydrogens is 316 g/mol. The Morgan fingerprint density at radius 3 is 2.56 bits per heavy atom. The van der Waals surface area contributed by atoms with Crippen LogP contribution in [-0.2, 0) is 0 Å². The van der Waals surface area contributed by atoms with E-state index in [2.05, 4.69) is 15.9 Å². The number of carbonyl (C=O) groups is 1. The van der Waals surface area contributed by atoms with E-state index in [-0.39, 0.29) is 12.4 Å². The molecule has 0 heterocycles. The molecular formula is C14H10BrClO2. The van der Waals surface area contributed by atoms with Crippen LogP contribution in [0.2, 0.25) is 5.02 Å². The third-order valence-corrected chi connectivity index (χ3v) is 3.15. The highest BCUT2D eigenvalue weighted by Gasteiger charge is 2.11. The van der Waals surface area contributed by atoms with Crippen LogP contribution in [0, 0.1) is 0 Å². The normalized spacial score (nSPS) is 10.1. The lowest BCUT2D eigenvalue weighted by Gasteiger charge is -2.06. The van der Waals surface area contributed by atoms with E-state index in [1.54, 1.807) is 30.3 Å². The number of Topliss-reactive ketones (excluding diaryl/α,β-unsaturated/α-hetero) is 1. The van der Waals surface area contributed by atoms with Crippen molar-refractivity contribution in [1.29, 1.82) is 0 Å². The number of hydrogen-bond donors (Lipinski definition) is 0. The summed E-state index contributed by atoms with van der Waals surface area (Å²) in [7, 11) is 0. The number of para-hydroxylation sites is 1. The van der Waals surface area contributed by atoms with Crippen molar-refractivity contribution in [3.8, 4) is 5.75 Å². The van der Waals surface area contributed by atoms with Crippen LogP contribution in [0.5, 0.6) is 5.75 Å². The first kappa shape index (κ1) is 13.1. The Kier molecular flexibility index (Phi) is 4.39. The highest BCUT2D eigenvalue weighted by molar-refractivity contribution is 9.10. The minimum absolute atomic E-state index is 0.0225. The zero-order chi connectivity index (χ0) is 13.0. The largest absolute Gasteiger partial charge is 0.485 e. The van der Waals surface area contributed by atoms with Gasteiger partial charge in [-0.25, -0.2) is 0 Å². The average molecular weight is 326 g/mol. The summed E-state index contributed by atoms with van der Waals surface area (Å²) >= 11 is 9.29. The van der Waals surface area contributed by atoms with Gasteiger partial charge in [0, 0.05) is 10.0 Å². The Balaban J connectivity index is 2.04. The fourth-order valence-electron chi connectivity index (χ4n) is 1.46. The Morgan fingerprint density at radius 1 is 1.17 bits per heavy atom. The van der Waals surface area contributed by atoms with E-state index >= 15 is 0 Å². The predicted octanol–water partition coefficient (Wildman–Crippen LogP) is 4.36. The molecule has 0 amide bonds. The fourth-order valence-corrected chi connectivity index (χ4v) is 2.24. The van der Waals surface area contributed by atoms with Gasteiger partial charge < -0.3 is 4.74 Å². The lowest BCUT2D eigenvalue weighted by molar-refractivity contribution is 0.0921. The van der Waals surface area contributed by atoms with E-state index in [1.165, 1.54) is 0 Å². The van der Waals surface area contributed by atoms with Gasteiger partial charge in [-0.15, -0.1) is 0 Å². The molecule has 0 N–H and O–H groups in total. The smallest absolute Gasteiger partial charge is 0.201 e. The molecule has 0 atom stereocenters. The first-order valence-electron chi connectivity index (χ1n) is 5.33. The van der Waals surface area contributed by atoms with Gasteiger partial charge in [0.15, 0.2) is 6.61 Å². The summed E-state index contributed by atoms with van der Waals surface area (Å²) in [6.45, 7) is -0.0225. The molecule has 0 radical (unpaired) electrons. The Labute approximate surface area is 119 Å². The number of carbonyl (C=O) groups excluding carboxylic acids is 1. The molecule has 0 aliphatic heterocycles. The van der Waals surface area contributed by atoms with Crippen molar-refractivity contribution in [2.24, 2.45) is 0 Å². The van der Waals surface area contributed by atoms with Crippen LogP contribution in [0.25, 0.3) is 0 Å². The van der Waals surface area contributed by atoms with E-state index in [4.69, 9.17) is 16.3 Å². The van der Waals surface area contributed by atoms with Crippen LogP contribution < -0.4 is 4.74 Å². The van der Waals surface area contributed by atoms with Gasteiger partial charge >= 0.3 is 0 Å². The third-order valence-electron chi connectivity index (χ3n) is 2.34. The fraction of sp³-hybridized carbons (Fsp3) is 0.0714. The van der Waals surface area contributed by atoms with E-state index < -0.39 is 0 Å².